The maximum Gasteiger partial charge on any atom is 0.122 e. The first-order valence-electron chi connectivity index (χ1n) is 5.99. The van der Waals surface area contributed by atoms with Crippen LogP contribution in [0.25, 0.3) is 11.3 Å². The molecule has 2 N–H and O–H groups in total. The molecule has 94 valence electrons. The fourth-order valence-corrected chi connectivity index (χ4v) is 1.79. The minimum Gasteiger partial charge on any atom is -0.494 e. The van der Waals surface area contributed by atoms with Crippen LogP contribution < -0.4 is 10.5 Å². The topological polar surface area (TPSA) is 61.0 Å². The molecule has 0 unspecified atom stereocenters. The Balaban J connectivity index is 2.35. The van der Waals surface area contributed by atoms with Gasteiger partial charge < -0.3 is 10.5 Å². The molecule has 1 heterocycles. The second kappa shape index (κ2) is 5.60. The molecule has 0 fully saturated rings. The van der Waals surface area contributed by atoms with Gasteiger partial charge in [0.15, 0.2) is 0 Å². The number of ether oxygens (including phenoxy) is 1. The van der Waals surface area contributed by atoms with Crippen LogP contribution in [0.2, 0.25) is 0 Å². The van der Waals surface area contributed by atoms with Gasteiger partial charge in [0.25, 0.3) is 0 Å². The molecule has 0 aliphatic rings. The predicted octanol–water partition coefficient (Wildman–Crippen LogP) is 2.31. The van der Waals surface area contributed by atoms with E-state index in [1.807, 2.05) is 32.0 Å². The van der Waals surface area contributed by atoms with Crippen molar-refractivity contribution in [1.82, 2.24) is 9.97 Å². The highest BCUT2D eigenvalue weighted by Gasteiger charge is 2.05. The lowest BCUT2D eigenvalue weighted by Gasteiger charge is -2.09. The van der Waals surface area contributed by atoms with E-state index in [1.165, 1.54) is 0 Å². The summed E-state index contributed by atoms with van der Waals surface area (Å²) in [4.78, 5) is 8.36. The van der Waals surface area contributed by atoms with Crippen molar-refractivity contribution in [1.29, 1.82) is 0 Å². The van der Waals surface area contributed by atoms with Gasteiger partial charge in [-0.05, 0) is 43.7 Å². The van der Waals surface area contributed by atoms with E-state index in [0.717, 1.165) is 28.3 Å². The Labute approximate surface area is 107 Å². The van der Waals surface area contributed by atoms with Gasteiger partial charge in [0.1, 0.15) is 12.1 Å². The third-order valence-corrected chi connectivity index (χ3v) is 2.70. The minimum atomic E-state index is 0.422. The van der Waals surface area contributed by atoms with E-state index in [2.05, 4.69) is 16.0 Å². The summed E-state index contributed by atoms with van der Waals surface area (Å²) in [6, 6.07) is 7.95. The molecule has 2 rings (SSSR count). The summed E-state index contributed by atoms with van der Waals surface area (Å²) in [6.45, 7) is 5.10. The molecule has 0 spiro atoms. The van der Waals surface area contributed by atoms with Crippen molar-refractivity contribution in [2.45, 2.75) is 20.4 Å². The summed E-state index contributed by atoms with van der Waals surface area (Å²) in [7, 11) is 0. The number of benzene rings is 1. The van der Waals surface area contributed by atoms with Crippen molar-refractivity contribution in [3.8, 4) is 17.0 Å². The molecule has 0 radical (unpaired) electrons. The third kappa shape index (κ3) is 2.65. The Bertz CT molecular complexity index is 540. The third-order valence-electron chi connectivity index (χ3n) is 2.70. The van der Waals surface area contributed by atoms with Gasteiger partial charge >= 0.3 is 0 Å². The van der Waals surface area contributed by atoms with Crippen LogP contribution in [0.3, 0.4) is 0 Å². The molecule has 0 aliphatic heterocycles. The lowest BCUT2D eigenvalue weighted by molar-refractivity contribution is 0.338. The molecule has 1 aromatic carbocycles. The average Bonchev–Trinajstić information content (AvgIpc) is 2.41. The van der Waals surface area contributed by atoms with E-state index in [9.17, 15) is 0 Å². The number of aryl methyl sites for hydroxylation is 1. The normalized spacial score (nSPS) is 10.4. The van der Waals surface area contributed by atoms with E-state index in [-0.39, 0.29) is 0 Å². The maximum absolute atomic E-state index is 5.58. The van der Waals surface area contributed by atoms with Crippen LogP contribution in [0.4, 0.5) is 0 Å². The Morgan fingerprint density at radius 2 is 2.06 bits per heavy atom. The molecular weight excluding hydrogens is 226 g/mol. The number of aromatic nitrogens is 2. The van der Waals surface area contributed by atoms with Crippen molar-refractivity contribution in [2.24, 2.45) is 5.73 Å². The summed E-state index contributed by atoms with van der Waals surface area (Å²) in [5.41, 5.74) is 9.45. The fraction of sp³-hybridized carbons (Fsp3) is 0.286. The molecule has 4 heteroatoms. The molecule has 0 saturated heterocycles. The molecule has 0 aliphatic carbocycles. The zero-order chi connectivity index (χ0) is 13.0. The van der Waals surface area contributed by atoms with Gasteiger partial charge in [-0.3, -0.25) is 0 Å². The summed E-state index contributed by atoms with van der Waals surface area (Å²) < 4.78 is 5.52. The Morgan fingerprint density at radius 1 is 1.22 bits per heavy atom. The SMILES string of the molecule is CCOc1ccc(-c2cc(CN)ncn2)cc1C. The number of hydrogen-bond donors (Lipinski definition) is 1. The predicted molar refractivity (Wildman–Crippen MR) is 71.3 cm³/mol. The number of nitrogens with two attached hydrogens (primary N) is 1. The van der Waals surface area contributed by atoms with E-state index in [4.69, 9.17) is 10.5 Å². The van der Waals surface area contributed by atoms with E-state index >= 15 is 0 Å². The van der Waals surface area contributed by atoms with Gasteiger partial charge in [0, 0.05) is 12.1 Å². The Hall–Kier alpha value is -1.94. The van der Waals surface area contributed by atoms with Gasteiger partial charge in [0.2, 0.25) is 0 Å². The van der Waals surface area contributed by atoms with E-state index < -0.39 is 0 Å². The second-order valence-corrected chi connectivity index (χ2v) is 4.01. The van der Waals surface area contributed by atoms with Gasteiger partial charge in [-0.1, -0.05) is 0 Å². The lowest BCUT2D eigenvalue weighted by Crippen LogP contribution is -2.00. The van der Waals surface area contributed by atoms with Crippen LogP contribution in [0.15, 0.2) is 30.6 Å². The van der Waals surface area contributed by atoms with Crippen molar-refractivity contribution in [2.75, 3.05) is 6.61 Å². The lowest BCUT2D eigenvalue weighted by atomic mass is 10.1. The van der Waals surface area contributed by atoms with Crippen molar-refractivity contribution >= 4 is 0 Å². The average molecular weight is 243 g/mol. The van der Waals surface area contributed by atoms with Crippen LogP contribution in [0, 0.1) is 6.92 Å². The molecule has 0 atom stereocenters. The van der Waals surface area contributed by atoms with Gasteiger partial charge in [0.05, 0.1) is 18.0 Å². The summed E-state index contributed by atoms with van der Waals surface area (Å²) in [5, 5.41) is 0. The van der Waals surface area contributed by atoms with Gasteiger partial charge in [-0.25, -0.2) is 9.97 Å². The summed E-state index contributed by atoms with van der Waals surface area (Å²) in [6.07, 6.45) is 1.54. The molecule has 0 bridgehead atoms. The second-order valence-electron chi connectivity index (χ2n) is 4.01. The molecule has 0 amide bonds. The molecule has 0 saturated carbocycles. The molecular formula is C14H17N3O. The van der Waals surface area contributed by atoms with E-state index in [1.54, 1.807) is 6.33 Å². The molecule has 2 aromatic rings. The summed E-state index contributed by atoms with van der Waals surface area (Å²) in [5.74, 6) is 0.911. The van der Waals surface area contributed by atoms with Crippen LogP contribution in [-0.4, -0.2) is 16.6 Å². The monoisotopic (exact) mass is 243 g/mol. The smallest absolute Gasteiger partial charge is 0.122 e. The van der Waals surface area contributed by atoms with Crippen LogP contribution in [-0.2, 0) is 6.54 Å². The van der Waals surface area contributed by atoms with Crippen LogP contribution >= 0.6 is 0 Å². The van der Waals surface area contributed by atoms with Gasteiger partial charge in [-0.15, -0.1) is 0 Å². The first-order chi connectivity index (χ1) is 8.74. The first-order valence-corrected chi connectivity index (χ1v) is 5.99. The molecule has 1 aromatic heterocycles. The molecule has 4 nitrogen and oxygen atoms in total. The number of rotatable bonds is 4. The molecule has 18 heavy (non-hydrogen) atoms. The highest BCUT2D eigenvalue weighted by atomic mass is 16.5. The number of hydrogen-bond acceptors (Lipinski definition) is 4. The largest absolute Gasteiger partial charge is 0.494 e. The van der Waals surface area contributed by atoms with Crippen molar-refractivity contribution in [3.05, 3.63) is 41.9 Å². The van der Waals surface area contributed by atoms with Gasteiger partial charge in [-0.2, -0.15) is 0 Å². The Morgan fingerprint density at radius 3 is 2.72 bits per heavy atom. The van der Waals surface area contributed by atoms with Crippen LogP contribution in [0.1, 0.15) is 18.2 Å². The highest BCUT2D eigenvalue weighted by Crippen LogP contribution is 2.25. The standard InChI is InChI=1S/C14H17N3O/c1-3-18-14-5-4-11(6-10(14)2)13-7-12(8-15)16-9-17-13/h4-7,9H,3,8,15H2,1-2H3. The minimum absolute atomic E-state index is 0.422. The van der Waals surface area contributed by atoms with E-state index in [0.29, 0.717) is 13.2 Å². The first kappa shape index (κ1) is 12.5. The quantitative estimate of drug-likeness (QED) is 0.895. The van der Waals surface area contributed by atoms with Crippen molar-refractivity contribution < 1.29 is 4.74 Å². The summed E-state index contributed by atoms with van der Waals surface area (Å²) >= 11 is 0. The number of nitrogens with zero attached hydrogens (tertiary/aromatic N) is 2. The zero-order valence-corrected chi connectivity index (χ0v) is 10.7. The Kier molecular flexibility index (Phi) is 3.89. The van der Waals surface area contributed by atoms with Crippen LogP contribution in [0.5, 0.6) is 5.75 Å². The maximum atomic E-state index is 5.58. The highest BCUT2D eigenvalue weighted by molar-refractivity contribution is 5.62. The fourth-order valence-electron chi connectivity index (χ4n) is 1.79. The zero-order valence-electron chi connectivity index (χ0n) is 10.7. The van der Waals surface area contributed by atoms with Crippen molar-refractivity contribution in [3.63, 3.8) is 0 Å².